The number of aromatic nitrogens is 1. The van der Waals surface area contributed by atoms with Crippen LogP contribution in [0.15, 0.2) is 24.4 Å². The Morgan fingerprint density at radius 1 is 1.30 bits per heavy atom. The highest BCUT2D eigenvalue weighted by atomic mass is 32.1. The van der Waals surface area contributed by atoms with E-state index in [1.165, 1.54) is 21.7 Å². The second-order valence-electron chi connectivity index (χ2n) is 5.49. The van der Waals surface area contributed by atoms with Gasteiger partial charge >= 0.3 is 0 Å². The number of aryl methyl sites for hydroxylation is 2. The molecule has 108 valence electrons. The zero-order valence-electron chi connectivity index (χ0n) is 12.9. The largest absolute Gasteiger partial charge is 0.321 e. The molecule has 0 amide bonds. The van der Waals surface area contributed by atoms with E-state index < -0.39 is 0 Å². The summed E-state index contributed by atoms with van der Waals surface area (Å²) in [7, 11) is 2.08. The first kappa shape index (κ1) is 15.0. The lowest BCUT2D eigenvalue weighted by Crippen LogP contribution is -2.21. The van der Waals surface area contributed by atoms with Gasteiger partial charge in [-0.15, -0.1) is 11.3 Å². The van der Waals surface area contributed by atoms with Crippen LogP contribution in [0.5, 0.6) is 0 Å². The van der Waals surface area contributed by atoms with Crippen molar-refractivity contribution in [3.63, 3.8) is 0 Å². The smallest absolute Gasteiger partial charge is 0.189 e. The van der Waals surface area contributed by atoms with Gasteiger partial charge in [-0.1, -0.05) is 31.5 Å². The summed E-state index contributed by atoms with van der Waals surface area (Å²) in [5.41, 5.74) is 3.79. The Morgan fingerprint density at radius 2 is 2.05 bits per heavy atom. The molecule has 0 saturated carbocycles. The number of anilines is 2. The van der Waals surface area contributed by atoms with Gasteiger partial charge in [-0.2, -0.15) is 0 Å². The Balaban J connectivity index is 2.14. The van der Waals surface area contributed by atoms with Gasteiger partial charge in [0, 0.05) is 36.4 Å². The first-order chi connectivity index (χ1) is 9.47. The third-order valence-corrected chi connectivity index (χ3v) is 4.30. The van der Waals surface area contributed by atoms with E-state index in [9.17, 15) is 0 Å². The van der Waals surface area contributed by atoms with Crippen molar-refractivity contribution in [2.24, 2.45) is 0 Å². The lowest BCUT2D eigenvalue weighted by atomic mass is 10.1. The number of thiazole rings is 1. The Labute approximate surface area is 125 Å². The molecule has 0 unspecified atom stereocenters. The third-order valence-electron chi connectivity index (χ3n) is 3.23. The third kappa shape index (κ3) is 3.58. The Hall–Kier alpha value is -1.39. The van der Waals surface area contributed by atoms with E-state index in [4.69, 9.17) is 0 Å². The molecule has 0 saturated heterocycles. The molecule has 0 atom stereocenters. The van der Waals surface area contributed by atoms with Gasteiger partial charge in [0.05, 0.1) is 0 Å². The molecule has 3 nitrogen and oxygen atoms in total. The summed E-state index contributed by atoms with van der Waals surface area (Å²) in [6, 6.07) is 7.02. The molecular weight excluding hydrogens is 266 g/mol. The van der Waals surface area contributed by atoms with Crippen LogP contribution in [0, 0.1) is 13.8 Å². The predicted molar refractivity (Wildman–Crippen MR) is 88.1 cm³/mol. The highest BCUT2D eigenvalue weighted by Crippen LogP contribution is 2.30. The summed E-state index contributed by atoms with van der Waals surface area (Å²) in [5, 5.41) is 4.46. The van der Waals surface area contributed by atoms with Crippen LogP contribution in [0.4, 0.5) is 10.8 Å². The van der Waals surface area contributed by atoms with E-state index >= 15 is 0 Å². The van der Waals surface area contributed by atoms with Crippen LogP contribution in [0.2, 0.25) is 0 Å². The average Bonchev–Trinajstić information content (AvgIpc) is 2.84. The maximum atomic E-state index is 4.54. The monoisotopic (exact) mass is 289 g/mol. The van der Waals surface area contributed by atoms with Gasteiger partial charge in [0.1, 0.15) is 0 Å². The fraction of sp³-hybridized carbons (Fsp3) is 0.438. The van der Waals surface area contributed by atoms with Crippen molar-refractivity contribution < 1.29 is 0 Å². The van der Waals surface area contributed by atoms with Crippen molar-refractivity contribution in [3.05, 3.63) is 40.4 Å². The first-order valence-electron chi connectivity index (χ1n) is 6.96. The van der Waals surface area contributed by atoms with E-state index in [1.54, 1.807) is 11.3 Å². The van der Waals surface area contributed by atoms with Crippen molar-refractivity contribution in [3.8, 4) is 0 Å². The van der Waals surface area contributed by atoms with Crippen LogP contribution in [-0.4, -0.2) is 18.1 Å². The van der Waals surface area contributed by atoms with Crippen molar-refractivity contribution in [1.82, 2.24) is 10.3 Å². The van der Waals surface area contributed by atoms with Gasteiger partial charge < -0.3 is 10.2 Å². The summed E-state index contributed by atoms with van der Waals surface area (Å²) in [6.07, 6.45) is 1.97. The minimum Gasteiger partial charge on any atom is -0.321 e. The average molecular weight is 289 g/mol. The van der Waals surface area contributed by atoms with Crippen molar-refractivity contribution >= 4 is 22.2 Å². The predicted octanol–water partition coefficient (Wildman–Crippen LogP) is 4.03. The van der Waals surface area contributed by atoms with E-state index in [1.807, 2.05) is 6.20 Å². The summed E-state index contributed by atoms with van der Waals surface area (Å²) in [4.78, 5) is 7.97. The lowest BCUT2D eigenvalue weighted by Gasteiger charge is -2.18. The number of nitrogens with one attached hydrogen (secondary N) is 1. The molecule has 0 spiro atoms. The SMILES string of the molecule is Cc1ccc(N(C)c2ncc(CNC(C)C)s2)c(C)c1. The highest BCUT2D eigenvalue weighted by molar-refractivity contribution is 7.15. The van der Waals surface area contributed by atoms with Gasteiger partial charge in [-0.3, -0.25) is 0 Å². The molecule has 1 N–H and O–H groups in total. The number of nitrogens with zero attached hydrogens (tertiary/aromatic N) is 2. The van der Waals surface area contributed by atoms with Crippen LogP contribution in [0.1, 0.15) is 29.9 Å². The van der Waals surface area contributed by atoms with Gasteiger partial charge in [0.2, 0.25) is 0 Å². The highest BCUT2D eigenvalue weighted by Gasteiger charge is 2.11. The van der Waals surface area contributed by atoms with Crippen LogP contribution in [0.3, 0.4) is 0 Å². The molecule has 1 heterocycles. The minimum atomic E-state index is 0.498. The maximum absolute atomic E-state index is 4.54. The second-order valence-corrected chi connectivity index (χ2v) is 6.59. The van der Waals surface area contributed by atoms with Crippen LogP contribution in [0.25, 0.3) is 0 Å². The first-order valence-corrected chi connectivity index (χ1v) is 7.78. The summed E-state index contributed by atoms with van der Waals surface area (Å²) in [6.45, 7) is 9.47. The van der Waals surface area contributed by atoms with E-state index in [0.717, 1.165) is 11.7 Å². The number of rotatable bonds is 5. The number of benzene rings is 1. The molecule has 0 aliphatic heterocycles. The number of hydrogen-bond donors (Lipinski definition) is 1. The molecule has 4 heteroatoms. The molecule has 0 aliphatic rings. The molecule has 1 aromatic heterocycles. The minimum absolute atomic E-state index is 0.498. The van der Waals surface area contributed by atoms with Gasteiger partial charge in [0.15, 0.2) is 5.13 Å². The molecule has 2 aromatic rings. The van der Waals surface area contributed by atoms with Crippen molar-refractivity contribution in [1.29, 1.82) is 0 Å². The van der Waals surface area contributed by atoms with E-state index in [0.29, 0.717) is 6.04 Å². The second kappa shape index (κ2) is 6.37. The maximum Gasteiger partial charge on any atom is 0.189 e. The summed E-state index contributed by atoms with van der Waals surface area (Å²) < 4.78 is 0. The van der Waals surface area contributed by atoms with E-state index in [2.05, 4.69) is 68.1 Å². The van der Waals surface area contributed by atoms with E-state index in [-0.39, 0.29) is 0 Å². The zero-order valence-corrected chi connectivity index (χ0v) is 13.7. The molecule has 2 rings (SSSR count). The lowest BCUT2D eigenvalue weighted by molar-refractivity contribution is 0.593. The molecule has 20 heavy (non-hydrogen) atoms. The molecule has 0 fully saturated rings. The Morgan fingerprint density at radius 3 is 2.70 bits per heavy atom. The molecular formula is C16H23N3S. The normalized spacial score (nSPS) is 11.1. The van der Waals surface area contributed by atoms with Gasteiger partial charge in [-0.05, 0) is 25.5 Å². The van der Waals surface area contributed by atoms with Crippen LogP contribution >= 0.6 is 11.3 Å². The fourth-order valence-electron chi connectivity index (χ4n) is 2.12. The van der Waals surface area contributed by atoms with Gasteiger partial charge in [0.25, 0.3) is 0 Å². The summed E-state index contributed by atoms with van der Waals surface area (Å²) >= 11 is 1.74. The zero-order chi connectivity index (χ0) is 14.7. The molecule has 1 aromatic carbocycles. The standard InChI is InChI=1S/C16H23N3S/c1-11(2)17-9-14-10-18-16(20-14)19(5)15-7-6-12(3)8-13(15)4/h6-8,10-11,17H,9H2,1-5H3. The summed E-state index contributed by atoms with van der Waals surface area (Å²) in [5.74, 6) is 0. The number of hydrogen-bond acceptors (Lipinski definition) is 4. The van der Waals surface area contributed by atoms with Crippen molar-refractivity contribution in [2.75, 3.05) is 11.9 Å². The fourth-order valence-corrected chi connectivity index (χ4v) is 2.96. The Kier molecular flexibility index (Phi) is 4.78. The molecule has 0 radical (unpaired) electrons. The van der Waals surface area contributed by atoms with Crippen LogP contribution < -0.4 is 10.2 Å². The topological polar surface area (TPSA) is 28.2 Å². The van der Waals surface area contributed by atoms with Crippen LogP contribution in [-0.2, 0) is 6.54 Å². The van der Waals surface area contributed by atoms with Gasteiger partial charge in [-0.25, -0.2) is 4.98 Å². The molecule has 0 bridgehead atoms. The molecule has 0 aliphatic carbocycles. The van der Waals surface area contributed by atoms with Crippen molar-refractivity contribution in [2.45, 2.75) is 40.3 Å². The quantitative estimate of drug-likeness (QED) is 0.901. The Bertz CT molecular complexity index is 575.